The van der Waals surface area contributed by atoms with Crippen molar-refractivity contribution < 1.29 is 9.53 Å². The molecule has 0 bridgehead atoms. The van der Waals surface area contributed by atoms with Gasteiger partial charge in [-0.2, -0.15) is 0 Å². The van der Waals surface area contributed by atoms with Gasteiger partial charge in [0.05, 0.1) is 23.3 Å². The SMILES string of the molecule is CCOC(=O)C(C)NC(=S)c1nc2ccccc2nc1C. The Morgan fingerprint density at radius 3 is 2.57 bits per heavy atom. The first-order valence-corrected chi connectivity index (χ1v) is 7.14. The van der Waals surface area contributed by atoms with E-state index in [9.17, 15) is 4.79 Å². The first kappa shape index (κ1) is 15.3. The van der Waals surface area contributed by atoms with Crippen LogP contribution in [0.15, 0.2) is 24.3 Å². The smallest absolute Gasteiger partial charge is 0.328 e. The van der Waals surface area contributed by atoms with E-state index < -0.39 is 6.04 Å². The van der Waals surface area contributed by atoms with Gasteiger partial charge in [0.25, 0.3) is 0 Å². The zero-order valence-electron chi connectivity index (χ0n) is 12.2. The number of hydrogen-bond donors (Lipinski definition) is 1. The molecule has 1 atom stereocenters. The molecule has 0 amide bonds. The molecule has 6 heteroatoms. The molecule has 2 rings (SSSR count). The summed E-state index contributed by atoms with van der Waals surface area (Å²) in [7, 11) is 0. The average molecular weight is 303 g/mol. The summed E-state index contributed by atoms with van der Waals surface area (Å²) in [4.78, 5) is 21.0. The van der Waals surface area contributed by atoms with Gasteiger partial charge in [-0.25, -0.2) is 14.8 Å². The van der Waals surface area contributed by atoms with Crippen LogP contribution in [0.2, 0.25) is 0 Å². The van der Waals surface area contributed by atoms with Crippen molar-refractivity contribution in [1.82, 2.24) is 15.3 Å². The van der Waals surface area contributed by atoms with Crippen LogP contribution in [0.25, 0.3) is 11.0 Å². The standard InChI is InChI=1S/C15H17N3O2S/c1-4-20-15(19)10(3)17-14(21)13-9(2)16-11-7-5-6-8-12(11)18-13/h5-8,10H,4H2,1-3H3,(H,17,21). The number of nitrogens with one attached hydrogen (secondary N) is 1. The number of rotatable bonds is 4. The average Bonchev–Trinajstić information content (AvgIpc) is 2.46. The number of carbonyl (C=O) groups is 1. The highest BCUT2D eigenvalue weighted by Crippen LogP contribution is 2.12. The molecular formula is C15H17N3O2S. The van der Waals surface area contributed by atoms with Gasteiger partial charge in [0.1, 0.15) is 16.7 Å². The van der Waals surface area contributed by atoms with Gasteiger partial charge in [-0.1, -0.05) is 24.4 Å². The number of fused-ring (bicyclic) bond motifs is 1. The Balaban J connectivity index is 2.23. The molecule has 0 fully saturated rings. The normalized spacial score (nSPS) is 12.0. The summed E-state index contributed by atoms with van der Waals surface area (Å²) in [6.07, 6.45) is 0. The number of hydrogen-bond acceptors (Lipinski definition) is 5. The summed E-state index contributed by atoms with van der Waals surface area (Å²) in [6, 6.07) is 7.06. The van der Waals surface area contributed by atoms with Crippen LogP contribution >= 0.6 is 12.2 Å². The molecule has 110 valence electrons. The molecule has 0 radical (unpaired) electrons. The van der Waals surface area contributed by atoms with Crippen molar-refractivity contribution in [3.8, 4) is 0 Å². The van der Waals surface area contributed by atoms with Gasteiger partial charge in [-0.15, -0.1) is 0 Å². The summed E-state index contributed by atoms with van der Waals surface area (Å²) in [5.74, 6) is -0.341. The van der Waals surface area contributed by atoms with Crippen molar-refractivity contribution in [2.75, 3.05) is 6.61 Å². The van der Waals surface area contributed by atoms with E-state index in [2.05, 4.69) is 15.3 Å². The van der Waals surface area contributed by atoms with Crippen LogP contribution in [0, 0.1) is 6.92 Å². The third-order valence-electron chi connectivity index (χ3n) is 2.95. The number of thiocarbonyl (C=S) groups is 1. The Hall–Kier alpha value is -2.08. The predicted octanol–water partition coefficient (Wildman–Crippen LogP) is 2.15. The highest BCUT2D eigenvalue weighted by atomic mass is 32.1. The summed E-state index contributed by atoms with van der Waals surface area (Å²) in [5.41, 5.74) is 2.90. The zero-order chi connectivity index (χ0) is 15.4. The number of ether oxygens (including phenoxy) is 1. The Morgan fingerprint density at radius 2 is 1.95 bits per heavy atom. The molecule has 0 saturated carbocycles. The van der Waals surface area contributed by atoms with Gasteiger partial charge >= 0.3 is 5.97 Å². The van der Waals surface area contributed by atoms with E-state index >= 15 is 0 Å². The fourth-order valence-corrected chi connectivity index (χ4v) is 2.26. The molecule has 1 aromatic carbocycles. The molecule has 0 aliphatic carbocycles. The van der Waals surface area contributed by atoms with Crippen molar-refractivity contribution in [2.24, 2.45) is 0 Å². The number of carbonyl (C=O) groups excluding carboxylic acids is 1. The molecule has 0 aliphatic heterocycles. The maximum Gasteiger partial charge on any atom is 0.328 e. The van der Waals surface area contributed by atoms with Crippen LogP contribution in [0.1, 0.15) is 25.2 Å². The molecule has 0 saturated heterocycles. The maximum absolute atomic E-state index is 11.6. The van der Waals surface area contributed by atoms with E-state index in [0.717, 1.165) is 16.7 Å². The second-order valence-corrected chi connectivity index (χ2v) is 5.00. The van der Waals surface area contributed by atoms with Crippen molar-refractivity contribution >= 4 is 34.2 Å². The van der Waals surface area contributed by atoms with Crippen molar-refractivity contribution in [2.45, 2.75) is 26.8 Å². The molecule has 1 aromatic heterocycles. The Kier molecular flexibility index (Phi) is 4.80. The third kappa shape index (κ3) is 3.52. The van der Waals surface area contributed by atoms with E-state index in [-0.39, 0.29) is 5.97 Å². The number of nitrogens with zero attached hydrogens (tertiary/aromatic N) is 2. The molecule has 1 heterocycles. The van der Waals surface area contributed by atoms with Crippen LogP contribution in [0.5, 0.6) is 0 Å². The molecule has 1 unspecified atom stereocenters. The van der Waals surface area contributed by atoms with Crippen LogP contribution < -0.4 is 5.32 Å². The molecule has 21 heavy (non-hydrogen) atoms. The maximum atomic E-state index is 11.6. The van der Waals surface area contributed by atoms with Gasteiger partial charge in [-0.05, 0) is 32.9 Å². The lowest BCUT2D eigenvalue weighted by Gasteiger charge is -2.15. The molecule has 2 aromatic rings. The number of aromatic nitrogens is 2. The van der Waals surface area contributed by atoms with Gasteiger partial charge in [-0.3, -0.25) is 0 Å². The fourth-order valence-electron chi connectivity index (χ4n) is 1.89. The lowest BCUT2D eigenvalue weighted by Crippen LogP contribution is -2.39. The molecule has 5 nitrogen and oxygen atoms in total. The zero-order valence-corrected chi connectivity index (χ0v) is 13.0. The predicted molar refractivity (Wildman–Crippen MR) is 85.2 cm³/mol. The van der Waals surface area contributed by atoms with E-state index in [0.29, 0.717) is 17.3 Å². The Morgan fingerprint density at radius 1 is 1.33 bits per heavy atom. The van der Waals surface area contributed by atoms with E-state index in [1.165, 1.54) is 0 Å². The second-order valence-electron chi connectivity index (χ2n) is 4.59. The van der Waals surface area contributed by atoms with Crippen molar-refractivity contribution in [3.63, 3.8) is 0 Å². The number of benzene rings is 1. The number of aryl methyl sites for hydroxylation is 1. The highest BCUT2D eigenvalue weighted by Gasteiger charge is 2.18. The van der Waals surface area contributed by atoms with Gasteiger partial charge in [0.2, 0.25) is 0 Å². The molecule has 0 aliphatic rings. The Bertz CT molecular complexity index is 688. The van der Waals surface area contributed by atoms with E-state index in [1.807, 2.05) is 31.2 Å². The quantitative estimate of drug-likeness (QED) is 0.690. The summed E-state index contributed by atoms with van der Waals surface area (Å²) in [5, 5.41) is 2.94. The Labute approximate surface area is 128 Å². The minimum Gasteiger partial charge on any atom is -0.464 e. The van der Waals surface area contributed by atoms with Crippen LogP contribution in [0.4, 0.5) is 0 Å². The topological polar surface area (TPSA) is 64.1 Å². The lowest BCUT2D eigenvalue weighted by atomic mass is 10.2. The van der Waals surface area contributed by atoms with Crippen LogP contribution in [-0.4, -0.2) is 33.6 Å². The first-order chi connectivity index (χ1) is 10.0. The van der Waals surface area contributed by atoms with Crippen molar-refractivity contribution in [1.29, 1.82) is 0 Å². The van der Waals surface area contributed by atoms with Gasteiger partial charge < -0.3 is 10.1 Å². The summed E-state index contributed by atoms with van der Waals surface area (Å²) < 4.78 is 4.94. The second kappa shape index (κ2) is 6.58. The molecule has 0 spiro atoms. The lowest BCUT2D eigenvalue weighted by molar-refractivity contribution is -0.144. The van der Waals surface area contributed by atoms with Crippen molar-refractivity contribution in [3.05, 3.63) is 35.7 Å². The minimum atomic E-state index is -0.523. The largest absolute Gasteiger partial charge is 0.464 e. The van der Waals surface area contributed by atoms with Crippen LogP contribution in [-0.2, 0) is 9.53 Å². The molecule has 1 N–H and O–H groups in total. The van der Waals surface area contributed by atoms with Gasteiger partial charge in [0, 0.05) is 0 Å². The van der Waals surface area contributed by atoms with Crippen LogP contribution in [0.3, 0.4) is 0 Å². The highest BCUT2D eigenvalue weighted by molar-refractivity contribution is 7.80. The fraction of sp³-hybridized carbons (Fsp3) is 0.333. The minimum absolute atomic E-state index is 0.340. The third-order valence-corrected chi connectivity index (χ3v) is 3.26. The first-order valence-electron chi connectivity index (χ1n) is 6.73. The number of esters is 1. The number of para-hydroxylation sites is 2. The van der Waals surface area contributed by atoms with Gasteiger partial charge in [0.15, 0.2) is 0 Å². The summed E-state index contributed by atoms with van der Waals surface area (Å²) in [6.45, 7) is 5.65. The summed E-state index contributed by atoms with van der Waals surface area (Å²) >= 11 is 5.33. The van der Waals surface area contributed by atoms with E-state index in [1.54, 1.807) is 13.8 Å². The molecular weight excluding hydrogens is 286 g/mol. The monoisotopic (exact) mass is 303 g/mol. The van der Waals surface area contributed by atoms with E-state index in [4.69, 9.17) is 17.0 Å².